The van der Waals surface area contributed by atoms with E-state index in [0.717, 1.165) is 11.1 Å². The van der Waals surface area contributed by atoms with E-state index < -0.39 is 28.0 Å². The summed E-state index contributed by atoms with van der Waals surface area (Å²) in [6, 6.07) is 17.3. The van der Waals surface area contributed by atoms with Gasteiger partial charge in [-0.2, -0.15) is 4.72 Å². The number of carbonyl (C=O) groups excluding carboxylic acids is 1. The van der Waals surface area contributed by atoms with Crippen LogP contribution >= 0.6 is 0 Å². The Morgan fingerprint density at radius 2 is 1.35 bits per heavy atom. The molecule has 0 aliphatic heterocycles. The first-order valence-electron chi connectivity index (χ1n) is 11.5. The third-order valence-electron chi connectivity index (χ3n) is 5.83. The molecule has 0 spiro atoms. The lowest BCUT2D eigenvalue weighted by Gasteiger charge is -2.22. The van der Waals surface area contributed by atoms with E-state index in [-0.39, 0.29) is 17.1 Å². The van der Waals surface area contributed by atoms with Gasteiger partial charge < -0.3 is 24.3 Å². The maximum Gasteiger partial charge on any atom is 0.241 e. The summed E-state index contributed by atoms with van der Waals surface area (Å²) in [7, 11) is 1.87. The van der Waals surface area contributed by atoms with Gasteiger partial charge in [0.05, 0.1) is 39.4 Å². The van der Waals surface area contributed by atoms with Crippen molar-refractivity contribution in [1.29, 1.82) is 0 Å². The van der Waals surface area contributed by atoms with Crippen LogP contribution in [0, 0.1) is 0 Å². The van der Waals surface area contributed by atoms with Gasteiger partial charge in [-0.1, -0.05) is 36.4 Å². The average molecular weight is 529 g/mol. The molecule has 3 aromatic rings. The van der Waals surface area contributed by atoms with Crippen molar-refractivity contribution in [1.82, 2.24) is 10.0 Å². The molecule has 0 aliphatic rings. The average Bonchev–Trinajstić information content (AvgIpc) is 2.92. The topological polar surface area (TPSA) is 112 Å². The summed E-state index contributed by atoms with van der Waals surface area (Å²) in [5.41, 5.74) is 1.57. The summed E-state index contributed by atoms with van der Waals surface area (Å²) in [5.74, 6) is 1.26. The van der Waals surface area contributed by atoms with Crippen molar-refractivity contribution < 1.29 is 32.2 Å². The minimum atomic E-state index is -4.09. The number of amides is 1. The lowest BCUT2D eigenvalue weighted by molar-refractivity contribution is -0.123. The fraction of sp³-hybridized carbons (Fsp3) is 0.296. The van der Waals surface area contributed by atoms with Crippen LogP contribution in [-0.2, 0) is 21.2 Å². The number of hydrogen-bond acceptors (Lipinski definition) is 7. The van der Waals surface area contributed by atoms with Crippen LogP contribution in [0.3, 0.4) is 0 Å². The molecule has 10 heteroatoms. The molecular weight excluding hydrogens is 496 g/mol. The standard InChI is InChI=1S/C27H32N2O7S/c1-18(20-11-13-23(33-2)25(16-20)35-4)28-27(30)22(15-19-9-7-6-8-10-19)29-37(31,32)21-12-14-24(34-3)26(17-21)36-5/h6-14,16-18,22,29H,15H2,1-5H3,(H,28,30)/t18-,22+/m1/s1. The van der Waals surface area contributed by atoms with Gasteiger partial charge in [0.1, 0.15) is 6.04 Å². The first-order valence-corrected chi connectivity index (χ1v) is 13.0. The number of benzene rings is 3. The highest BCUT2D eigenvalue weighted by Crippen LogP contribution is 2.31. The largest absolute Gasteiger partial charge is 0.493 e. The number of carbonyl (C=O) groups is 1. The summed E-state index contributed by atoms with van der Waals surface area (Å²) < 4.78 is 50.2. The first kappa shape index (κ1) is 27.8. The molecule has 3 aromatic carbocycles. The van der Waals surface area contributed by atoms with Crippen molar-refractivity contribution in [2.75, 3.05) is 28.4 Å². The highest BCUT2D eigenvalue weighted by atomic mass is 32.2. The van der Waals surface area contributed by atoms with Gasteiger partial charge in [0.2, 0.25) is 15.9 Å². The second-order valence-electron chi connectivity index (χ2n) is 8.23. The highest BCUT2D eigenvalue weighted by Gasteiger charge is 2.28. The van der Waals surface area contributed by atoms with Crippen molar-refractivity contribution >= 4 is 15.9 Å². The molecule has 9 nitrogen and oxygen atoms in total. The molecule has 0 unspecified atom stereocenters. The minimum Gasteiger partial charge on any atom is -0.493 e. The van der Waals surface area contributed by atoms with Crippen molar-refractivity contribution in [3.05, 3.63) is 77.9 Å². The Hall–Kier alpha value is -3.76. The van der Waals surface area contributed by atoms with E-state index in [9.17, 15) is 13.2 Å². The van der Waals surface area contributed by atoms with Gasteiger partial charge in [-0.3, -0.25) is 4.79 Å². The Bertz CT molecular complexity index is 1310. The van der Waals surface area contributed by atoms with Gasteiger partial charge in [-0.15, -0.1) is 0 Å². The van der Waals surface area contributed by atoms with Gasteiger partial charge in [0, 0.05) is 6.07 Å². The Kier molecular flexibility index (Phi) is 9.37. The van der Waals surface area contributed by atoms with E-state index in [1.807, 2.05) is 43.3 Å². The van der Waals surface area contributed by atoms with E-state index in [1.54, 1.807) is 19.2 Å². The zero-order chi connectivity index (χ0) is 27.0. The molecule has 0 heterocycles. The number of hydrogen-bond donors (Lipinski definition) is 2. The van der Waals surface area contributed by atoms with E-state index in [2.05, 4.69) is 10.0 Å². The predicted octanol–water partition coefficient (Wildman–Crippen LogP) is 3.49. The molecule has 0 radical (unpaired) electrons. The Labute approximate surface area is 217 Å². The smallest absolute Gasteiger partial charge is 0.241 e. The molecule has 2 atom stereocenters. The van der Waals surface area contributed by atoms with Gasteiger partial charge in [-0.25, -0.2) is 8.42 Å². The van der Waals surface area contributed by atoms with Crippen molar-refractivity contribution in [3.63, 3.8) is 0 Å². The monoisotopic (exact) mass is 528 g/mol. The number of ether oxygens (including phenoxy) is 4. The maximum absolute atomic E-state index is 13.4. The molecule has 3 rings (SSSR count). The molecule has 1 amide bonds. The number of rotatable bonds is 12. The zero-order valence-electron chi connectivity index (χ0n) is 21.5. The summed E-state index contributed by atoms with van der Waals surface area (Å²) in [6.07, 6.45) is 0.151. The molecule has 0 saturated heterocycles. The Balaban J connectivity index is 1.87. The molecule has 2 N–H and O–H groups in total. The third-order valence-corrected chi connectivity index (χ3v) is 7.30. The second-order valence-corrected chi connectivity index (χ2v) is 9.94. The van der Waals surface area contributed by atoms with E-state index in [4.69, 9.17) is 18.9 Å². The second kappa shape index (κ2) is 12.5. The van der Waals surface area contributed by atoms with Crippen LogP contribution in [0.2, 0.25) is 0 Å². The molecule has 37 heavy (non-hydrogen) atoms. The molecule has 0 saturated carbocycles. The van der Waals surface area contributed by atoms with Crippen LogP contribution in [0.15, 0.2) is 71.6 Å². The summed E-state index contributed by atoms with van der Waals surface area (Å²) in [5, 5.41) is 2.91. The fourth-order valence-corrected chi connectivity index (χ4v) is 5.01. The summed E-state index contributed by atoms with van der Waals surface area (Å²) in [4.78, 5) is 13.4. The van der Waals surface area contributed by atoms with Crippen LogP contribution in [0.1, 0.15) is 24.1 Å². The zero-order valence-corrected chi connectivity index (χ0v) is 22.3. The van der Waals surface area contributed by atoms with E-state index >= 15 is 0 Å². The quantitative estimate of drug-likeness (QED) is 0.370. The lowest BCUT2D eigenvalue weighted by Crippen LogP contribution is -2.48. The third kappa shape index (κ3) is 6.93. The van der Waals surface area contributed by atoms with Gasteiger partial charge in [-0.05, 0) is 48.7 Å². The maximum atomic E-state index is 13.4. The molecular formula is C27H32N2O7S. The molecule has 0 bridgehead atoms. The highest BCUT2D eigenvalue weighted by molar-refractivity contribution is 7.89. The SMILES string of the molecule is COc1ccc([C@@H](C)NC(=O)[C@H](Cc2ccccc2)NS(=O)(=O)c2ccc(OC)c(OC)c2)cc1OC. The number of sulfonamides is 1. The fourth-order valence-electron chi connectivity index (χ4n) is 3.80. The van der Waals surface area contributed by atoms with E-state index in [0.29, 0.717) is 17.2 Å². The van der Waals surface area contributed by atoms with Crippen LogP contribution in [0.25, 0.3) is 0 Å². The van der Waals surface area contributed by atoms with E-state index in [1.165, 1.54) is 39.5 Å². The van der Waals surface area contributed by atoms with Crippen LogP contribution in [0.4, 0.5) is 0 Å². The van der Waals surface area contributed by atoms with Crippen molar-refractivity contribution in [3.8, 4) is 23.0 Å². The Morgan fingerprint density at radius 1 is 0.784 bits per heavy atom. The number of methoxy groups -OCH3 is 4. The lowest BCUT2D eigenvalue weighted by atomic mass is 10.0. The predicted molar refractivity (Wildman–Crippen MR) is 140 cm³/mol. The first-order chi connectivity index (χ1) is 17.7. The molecule has 0 aromatic heterocycles. The normalized spacial score (nSPS) is 12.8. The van der Waals surface area contributed by atoms with Crippen LogP contribution < -0.4 is 29.0 Å². The number of nitrogens with one attached hydrogen (secondary N) is 2. The van der Waals surface area contributed by atoms with Crippen LogP contribution in [0.5, 0.6) is 23.0 Å². The van der Waals surface area contributed by atoms with Gasteiger partial charge >= 0.3 is 0 Å². The Morgan fingerprint density at radius 3 is 1.95 bits per heavy atom. The minimum absolute atomic E-state index is 0.0519. The van der Waals surface area contributed by atoms with Crippen LogP contribution in [-0.4, -0.2) is 48.8 Å². The van der Waals surface area contributed by atoms with Gasteiger partial charge in [0.15, 0.2) is 23.0 Å². The summed E-state index contributed by atoms with van der Waals surface area (Å²) >= 11 is 0. The molecule has 0 fully saturated rings. The molecule has 0 aliphatic carbocycles. The van der Waals surface area contributed by atoms with Crippen molar-refractivity contribution in [2.24, 2.45) is 0 Å². The van der Waals surface area contributed by atoms with Crippen molar-refractivity contribution in [2.45, 2.75) is 30.3 Å². The molecule has 198 valence electrons. The summed E-state index contributed by atoms with van der Waals surface area (Å²) in [6.45, 7) is 1.81. The van der Waals surface area contributed by atoms with Gasteiger partial charge in [0.25, 0.3) is 0 Å².